The molecule has 1 fully saturated rings. The molecule has 0 saturated heterocycles. The van der Waals surface area contributed by atoms with Crippen LogP contribution in [0.3, 0.4) is 0 Å². The van der Waals surface area contributed by atoms with E-state index in [2.05, 4.69) is 15.4 Å². The number of hydrogen-bond donors (Lipinski definition) is 2. The molecule has 2 heterocycles. The first-order chi connectivity index (χ1) is 18.3. The van der Waals surface area contributed by atoms with Crippen LogP contribution >= 0.6 is 0 Å². The highest BCUT2D eigenvalue weighted by atomic mass is 19.4. The summed E-state index contributed by atoms with van der Waals surface area (Å²) in [7, 11) is 0. The van der Waals surface area contributed by atoms with E-state index in [1.165, 1.54) is 0 Å². The van der Waals surface area contributed by atoms with Crippen molar-refractivity contribution in [2.24, 2.45) is 11.7 Å². The Labute approximate surface area is 218 Å². The largest absolute Gasteiger partial charge is 0.435 e. The lowest BCUT2D eigenvalue weighted by Gasteiger charge is -2.21. The molecule has 2 aromatic heterocycles. The van der Waals surface area contributed by atoms with Crippen molar-refractivity contribution in [3.8, 4) is 0 Å². The number of nitrogens with two attached hydrogens (primary N) is 1. The van der Waals surface area contributed by atoms with E-state index in [1.54, 1.807) is 42.7 Å². The fraction of sp³-hybridized carbons (Fsp3) is 0.321. The topological polar surface area (TPSA) is 95.1 Å². The number of nitrogens with one attached hydrogen (secondary N) is 1. The molecule has 198 valence electrons. The number of amides is 1. The van der Waals surface area contributed by atoms with Crippen molar-refractivity contribution in [1.29, 1.82) is 0 Å². The number of pyridine rings is 1. The number of benzene rings is 1. The molecule has 3 aromatic rings. The zero-order chi connectivity index (χ0) is 26.7. The van der Waals surface area contributed by atoms with Gasteiger partial charge in [-0.05, 0) is 48.9 Å². The minimum atomic E-state index is -4.69. The van der Waals surface area contributed by atoms with Crippen LogP contribution in [-0.2, 0) is 10.9 Å². The number of allylic oxidation sites excluding steroid dienone is 3. The summed E-state index contributed by atoms with van der Waals surface area (Å²) in [5, 5.41) is 6.50. The van der Waals surface area contributed by atoms with E-state index in [0.29, 0.717) is 24.6 Å². The highest BCUT2D eigenvalue weighted by Gasteiger charge is 2.37. The van der Waals surface area contributed by atoms with Gasteiger partial charge in [0.25, 0.3) is 5.91 Å². The van der Waals surface area contributed by atoms with E-state index in [9.17, 15) is 18.0 Å². The molecule has 2 aliphatic rings. The maximum Gasteiger partial charge on any atom is 0.435 e. The molecule has 2 unspecified atom stereocenters. The van der Waals surface area contributed by atoms with E-state index in [-0.39, 0.29) is 12.2 Å². The zero-order valence-electron chi connectivity index (χ0n) is 20.6. The Morgan fingerprint density at radius 2 is 2.00 bits per heavy atom. The molecule has 1 saturated carbocycles. The second-order valence-electron chi connectivity index (χ2n) is 9.57. The third-order valence-corrected chi connectivity index (χ3v) is 6.60. The zero-order valence-corrected chi connectivity index (χ0v) is 20.6. The van der Waals surface area contributed by atoms with Gasteiger partial charge in [0, 0.05) is 36.3 Å². The molecule has 3 N–H and O–H groups in total. The standard InChI is InChI=1S/C28H28F3N5O2/c29-28(30,31)25-14-24(36(35-25)23-8-1-4-19(12-23)15-32)27(37)34-22-7-2-5-20(13-22)26(38-17-18-9-10-18)21-6-3-11-33-16-21/h1-8,11,13-14,16,18,23,26H,9-10,12,15,17,32H2,(H,34,37). The van der Waals surface area contributed by atoms with Gasteiger partial charge in [-0.2, -0.15) is 18.3 Å². The van der Waals surface area contributed by atoms with Crippen molar-refractivity contribution in [2.75, 3.05) is 18.5 Å². The van der Waals surface area contributed by atoms with Crippen LogP contribution in [0.4, 0.5) is 18.9 Å². The van der Waals surface area contributed by atoms with Crippen molar-refractivity contribution in [2.45, 2.75) is 37.6 Å². The second kappa shape index (κ2) is 10.9. The van der Waals surface area contributed by atoms with Gasteiger partial charge in [-0.25, -0.2) is 0 Å². The summed E-state index contributed by atoms with van der Waals surface area (Å²) >= 11 is 0. The molecule has 1 aromatic carbocycles. The van der Waals surface area contributed by atoms with Crippen molar-refractivity contribution in [3.63, 3.8) is 0 Å². The average molecular weight is 524 g/mol. The molecule has 2 aliphatic carbocycles. The summed E-state index contributed by atoms with van der Waals surface area (Å²) in [6.07, 6.45) is 6.23. The lowest BCUT2D eigenvalue weighted by molar-refractivity contribution is -0.141. The van der Waals surface area contributed by atoms with Crippen molar-refractivity contribution < 1.29 is 22.7 Å². The van der Waals surface area contributed by atoms with E-state index >= 15 is 0 Å². The molecule has 7 nitrogen and oxygen atoms in total. The maximum atomic E-state index is 13.5. The van der Waals surface area contributed by atoms with Crippen LogP contribution in [-0.4, -0.2) is 33.8 Å². The van der Waals surface area contributed by atoms with Crippen LogP contribution in [0.5, 0.6) is 0 Å². The third-order valence-electron chi connectivity index (χ3n) is 6.60. The fourth-order valence-corrected chi connectivity index (χ4v) is 4.41. The first-order valence-corrected chi connectivity index (χ1v) is 12.5. The van der Waals surface area contributed by atoms with Crippen LogP contribution < -0.4 is 11.1 Å². The average Bonchev–Trinajstić information content (AvgIpc) is 3.63. The van der Waals surface area contributed by atoms with E-state index in [0.717, 1.165) is 40.3 Å². The second-order valence-corrected chi connectivity index (χ2v) is 9.57. The summed E-state index contributed by atoms with van der Waals surface area (Å²) < 4.78 is 48.0. The minimum absolute atomic E-state index is 0.190. The van der Waals surface area contributed by atoms with E-state index in [1.807, 2.05) is 24.3 Å². The summed E-state index contributed by atoms with van der Waals surface area (Å²) in [5.41, 5.74) is 7.38. The van der Waals surface area contributed by atoms with Crippen molar-refractivity contribution >= 4 is 11.6 Å². The summed E-state index contributed by atoms with van der Waals surface area (Å²) in [5.74, 6) is -0.150. The van der Waals surface area contributed by atoms with Gasteiger partial charge in [-0.15, -0.1) is 0 Å². The maximum absolute atomic E-state index is 13.5. The van der Waals surface area contributed by atoms with Gasteiger partial charge in [0.1, 0.15) is 11.8 Å². The van der Waals surface area contributed by atoms with Gasteiger partial charge in [-0.1, -0.05) is 42.0 Å². The predicted octanol–water partition coefficient (Wildman–Crippen LogP) is 5.45. The Morgan fingerprint density at radius 3 is 2.71 bits per heavy atom. The highest BCUT2D eigenvalue weighted by molar-refractivity contribution is 6.03. The quantitative estimate of drug-likeness (QED) is 0.389. The Hall–Kier alpha value is -3.76. The first-order valence-electron chi connectivity index (χ1n) is 12.5. The molecule has 38 heavy (non-hydrogen) atoms. The van der Waals surface area contributed by atoms with Crippen LogP contribution in [0.2, 0.25) is 0 Å². The molecule has 1 amide bonds. The Morgan fingerprint density at radius 1 is 1.18 bits per heavy atom. The number of hydrogen-bond acceptors (Lipinski definition) is 5. The lowest BCUT2D eigenvalue weighted by atomic mass is 10.0. The molecular formula is C28H28F3N5O2. The van der Waals surface area contributed by atoms with Gasteiger partial charge in [-0.3, -0.25) is 14.5 Å². The number of carbonyl (C=O) groups excluding carboxylic acids is 1. The number of nitrogens with zero attached hydrogens (tertiary/aromatic N) is 3. The Bertz CT molecular complexity index is 1350. The van der Waals surface area contributed by atoms with Gasteiger partial charge >= 0.3 is 6.18 Å². The number of ether oxygens (including phenoxy) is 1. The van der Waals surface area contributed by atoms with Gasteiger partial charge in [0.05, 0.1) is 12.6 Å². The number of rotatable bonds is 9. The molecular weight excluding hydrogens is 495 g/mol. The lowest BCUT2D eigenvalue weighted by Crippen LogP contribution is -2.22. The molecule has 10 heteroatoms. The third kappa shape index (κ3) is 6.03. The van der Waals surface area contributed by atoms with Crippen LogP contribution in [0.1, 0.15) is 58.7 Å². The molecule has 0 radical (unpaired) electrons. The highest BCUT2D eigenvalue weighted by Crippen LogP contribution is 2.35. The number of halogens is 3. The van der Waals surface area contributed by atoms with Crippen LogP contribution in [0.25, 0.3) is 0 Å². The van der Waals surface area contributed by atoms with Crippen molar-refractivity contribution in [3.05, 3.63) is 101 Å². The number of alkyl halides is 3. The van der Waals surface area contributed by atoms with Gasteiger partial charge < -0.3 is 15.8 Å². The Balaban J connectivity index is 1.41. The monoisotopic (exact) mass is 523 g/mol. The number of carbonyl (C=O) groups is 1. The van der Waals surface area contributed by atoms with Crippen LogP contribution in [0, 0.1) is 5.92 Å². The van der Waals surface area contributed by atoms with Crippen LogP contribution in [0.15, 0.2) is 78.7 Å². The summed E-state index contributed by atoms with van der Waals surface area (Å²) in [6, 6.07) is 11.1. The van der Waals surface area contributed by atoms with Gasteiger partial charge in [0.15, 0.2) is 5.69 Å². The summed E-state index contributed by atoms with van der Waals surface area (Å²) in [4.78, 5) is 17.5. The molecule has 0 aliphatic heterocycles. The number of aromatic nitrogens is 3. The smallest absolute Gasteiger partial charge is 0.368 e. The van der Waals surface area contributed by atoms with Gasteiger partial charge in [0.2, 0.25) is 0 Å². The SMILES string of the molecule is NCC1=CC=CC(n2nc(C(F)(F)F)cc2C(=O)Nc2cccc(C(OCC3CC3)c3cccnc3)c2)C1. The first kappa shape index (κ1) is 25.9. The predicted molar refractivity (Wildman–Crippen MR) is 136 cm³/mol. The molecule has 0 spiro atoms. The van der Waals surface area contributed by atoms with E-state index < -0.39 is 29.9 Å². The Kier molecular flexibility index (Phi) is 7.44. The molecule has 2 atom stereocenters. The molecule has 5 rings (SSSR count). The van der Waals surface area contributed by atoms with Crippen molar-refractivity contribution in [1.82, 2.24) is 14.8 Å². The number of anilines is 1. The minimum Gasteiger partial charge on any atom is -0.368 e. The van der Waals surface area contributed by atoms with E-state index in [4.69, 9.17) is 10.5 Å². The summed E-state index contributed by atoms with van der Waals surface area (Å²) in [6.45, 7) is 0.882. The normalized spacial score (nSPS) is 18.2. The molecule has 0 bridgehead atoms. The fourth-order valence-electron chi connectivity index (χ4n) is 4.41.